The second kappa shape index (κ2) is 5.50. The SMILES string of the molecule is COc1ccc2c(c1)c1c(n2C)C2(C)CCC3(C=C2CC1)SCCS3. The van der Waals surface area contributed by atoms with Gasteiger partial charge in [-0.3, -0.25) is 0 Å². The fraction of sp³-hybridized carbons (Fsp3) is 0.524. The van der Waals surface area contributed by atoms with Gasteiger partial charge in [-0.25, -0.2) is 0 Å². The summed E-state index contributed by atoms with van der Waals surface area (Å²) in [6, 6.07) is 6.56. The minimum absolute atomic E-state index is 0.198. The number of fused-ring (bicyclic) bond motifs is 5. The molecule has 2 nitrogen and oxygen atoms in total. The topological polar surface area (TPSA) is 14.2 Å². The van der Waals surface area contributed by atoms with Crippen LogP contribution >= 0.6 is 23.5 Å². The quantitative estimate of drug-likeness (QED) is 0.633. The summed E-state index contributed by atoms with van der Waals surface area (Å²) in [4.78, 5) is 0. The Hall–Kier alpha value is -1.00. The first-order valence-corrected chi connectivity index (χ1v) is 11.2. The summed E-state index contributed by atoms with van der Waals surface area (Å²) in [5.41, 5.74) is 6.34. The van der Waals surface area contributed by atoms with Crippen LogP contribution in [-0.4, -0.2) is 27.3 Å². The van der Waals surface area contributed by atoms with Gasteiger partial charge < -0.3 is 9.30 Å². The predicted octanol–water partition coefficient (Wildman–Crippen LogP) is 5.29. The van der Waals surface area contributed by atoms with Crippen molar-refractivity contribution >= 4 is 34.4 Å². The molecule has 0 amide bonds. The van der Waals surface area contributed by atoms with Crippen LogP contribution in [0.3, 0.4) is 0 Å². The lowest BCUT2D eigenvalue weighted by Gasteiger charge is -2.45. The van der Waals surface area contributed by atoms with E-state index in [0.717, 1.165) is 12.2 Å². The fourth-order valence-electron chi connectivity index (χ4n) is 5.24. The zero-order chi connectivity index (χ0) is 17.2. The van der Waals surface area contributed by atoms with Crippen LogP contribution in [0.4, 0.5) is 0 Å². The number of nitrogens with zero attached hydrogens (tertiary/aromatic N) is 1. The third-order valence-electron chi connectivity index (χ3n) is 6.53. The lowest BCUT2D eigenvalue weighted by Crippen LogP contribution is -2.38. The number of benzene rings is 1. The summed E-state index contributed by atoms with van der Waals surface area (Å²) >= 11 is 4.36. The van der Waals surface area contributed by atoms with Gasteiger partial charge in [0.15, 0.2) is 0 Å². The number of aryl methyl sites for hydroxylation is 2. The smallest absolute Gasteiger partial charge is 0.119 e. The highest BCUT2D eigenvalue weighted by Crippen LogP contribution is 2.58. The van der Waals surface area contributed by atoms with Gasteiger partial charge in [0.25, 0.3) is 0 Å². The molecule has 1 aliphatic heterocycles. The molecule has 0 N–H and O–H groups in total. The number of aromatic nitrogens is 1. The molecule has 0 radical (unpaired) electrons. The Morgan fingerprint density at radius 3 is 2.68 bits per heavy atom. The minimum Gasteiger partial charge on any atom is -0.497 e. The molecule has 2 aromatic rings. The fourth-order valence-corrected chi connectivity index (χ4v) is 8.38. The summed E-state index contributed by atoms with van der Waals surface area (Å²) in [6.45, 7) is 2.49. The standard InChI is InChI=1S/C21H25NOS2/c1-20-8-9-21(24-10-11-25-21)13-14(20)4-6-16-17-12-15(23-3)5-7-18(17)22(2)19(16)20/h5,7,12-13H,4,6,8-11H2,1-3H3. The van der Waals surface area contributed by atoms with Gasteiger partial charge in [0.1, 0.15) is 5.75 Å². The average Bonchev–Trinajstić information content (AvgIpc) is 3.19. The molecule has 5 rings (SSSR count). The third kappa shape index (κ3) is 2.19. The number of ether oxygens (including phenoxy) is 1. The summed E-state index contributed by atoms with van der Waals surface area (Å²) in [5, 5.41) is 1.39. The van der Waals surface area contributed by atoms with E-state index in [1.807, 2.05) is 0 Å². The third-order valence-corrected chi connectivity index (χ3v) is 9.93. The number of thioether (sulfide) groups is 2. The molecule has 1 saturated heterocycles. The van der Waals surface area contributed by atoms with Gasteiger partial charge >= 0.3 is 0 Å². The first kappa shape index (κ1) is 16.2. The first-order chi connectivity index (χ1) is 12.1. The van der Waals surface area contributed by atoms with Gasteiger partial charge in [0.2, 0.25) is 0 Å². The highest BCUT2D eigenvalue weighted by molar-refractivity contribution is 8.21. The van der Waals surface area contributed by atoms with Crippen molar-refractivity contribution in [3.8, 4) is 5.75 Å². The molecule has 1 aromatic heterocycles. The molecule has 3 aliphatic rings. The van der Waals surface area contributed by atoms with Gasteiger partial charge in [0.05, 0.1) is 11.2 Å². The van der Waals surface area contributed by atoms with Crippen molar-refractivity contribution in [2.75, 3.05) is 18.6 Å². The highest BCUT2D eigenvalue weighted by atomic mass is 32.2. The molecule has 0 bridgehead atoms. The Morgan fingerprint density at radius 1 is 1.12 bits per heavy atom. The van der Waals surface area contributed by atoms with Crippen molar-refractivity contribution in [3.63, 3.8) is 0 Å². The van der Waals surface area contributed by atoms with E-state index in [4.69, 9.17) is 4.74 Å². The number of hydrogen-bond acceptors (Lipinski definition) is 3. The summed E-state index contributed by atoms with van der Waals surface area (Å²) < 4.78 is 8.33. The van der Waals surface area contributed by atoms with Crippen LogP contribution in [-0.2, 0) is 18.9 Å². The molecule has 4 heteroatoms. The second-order valence-corrected chi connectivity index (χ2v) is 10.9. The maximum atomic E-state index is 5.49. The molecular weight excluding hydrogens is 346 g/mol. The monoisotopic (exact) mass is 371 g/mol. The molecule has 2 heterocycles. The van der Waals surface area contributed by atoms with E-state index in [9.17, 15) is 0 Å². The van der Waals surface area contributed by atoms with Crippen LogP contribution in [0.15, 0.2) is 29.8 Å². The molecule has 1 fully saturated rings. The summed E-state index contributed by atoms with van der Waals surface area (Å²) in [7, 11) is 4.02. The van der Waals surface area contributed by atoms with Crippen LogP contribution in [0.2, 0.25) is 0 Å². The van der Waals surface area contributed by atoms with Crippen molar-refractivity contribution in [1.29, 1.82) is 0 Å². The zero-order valence-corrected chi connectivity index (χ0v) is 16.9. The highest BCUT2D eigenvalue weighted by Gasteiger charge is 2.47. The number of methoxy groups -OCH3 is 1. The van der Waals surface area contributed by atoms with Crippen molar-refractivity contribution in [2.24, 2.45) is 7.05 Å². The second-order valence-electron chi connectivity index (χ2n) is 7.78. The van der Waals surface area contributed by atoms with E-state index in [1.165, 1.54) is 41.7 Å². The van der Waals surface area contributed by atoms with Crippen molar-refractivity contribution in [2.45, 2.75) is 42.1 Å². The van der Waals surface area contributed by atoms with E-state index in [-0.39, 0.29) is 5.41 Å². The van der Waals surface area contributed by atoms with Gasteiger partial charge in [-0.05, 0) is 49.4 Å². The maximum absolute atomic E-state index is 5.49. The van der Waals surface area contributed by atoms with E-state index < -0.39 is 0 Å². The molecule has 25 heavy (non-hydrogen) atoms. The lowest BCUT2D eigenvalue weighted by molar-refractivity contribution is 0.408. The van der Waals surface area contributed by atoms with Crippen LogP contribution in [0.25, 0.3) is 10.9 Å². The molecule has 1 aromatic carbocycles. The van der Waals surface area contributed by atoms with Crippen LogP contribution in [0.5, 0.6) is 5.75 Å². The number of allylic oxidation sites excluding steroid dienone is 1. The Labute approximate surface area is 158 Å². The van der Waals surface area contributed by atoms with Crippen LogP contribution in [0.1, 0.15) is 37.4 Å². The van der Waals surface area contributed by atoms with Gasteiger partial charge in [-0.2, -0.15) is 0 Å². The predicted molar refractivity (Wildman–Crippen MR) is 110 cm³/mol. The summed E-state index contributed by atoms with van der Waals surface area (Å²) in [6.07, 6.45) is 7.61. The Balaban J connectivity index is 1.70. The van der Waals surface area contributed by atoms with Crippen molar-refractivity contribution < 1.29 is 4.74 Å². The van der Waals surface area contributed by atoms with E-state index >= 15 is 0 Å². The number of hydrogen-bond donors (Lipinski definition) is 0. The van der Waals surface area contributed by atoms with Gasteiger partial charge in [0, 0.05) is 40.6 Å². The molecule has 132 valence electrons. The Morgan fingerprint density at radius 2 is 1.92 bits per heavy atom. The summed E-state index contributed by atoms with van der Waals surface area (Å²) in [5.74, 6) is 3.59. The normalized spacial score (nSPS) is 27.2. The zero-order valence-electron chi connectivity index (χ0n) is 15.2. The number of rotatable bonds is 1. The van der Waals surface area contributed by atoms with Crippen LogP contribution in [0, 0.1) is 0 Å². The van der Waals surface area contributed by atoms with E-state index in [1.54, 1.807) is 23.9 Å². The molecular formula is C21H25NOS2. The molecule has 2 aliphatic carbocycles. The average molecular weight is 372 g/mol. The van der Waals surface area contributed by atoms with E-state index in [2.05, 4.69) is 66.3 Å². The van der Waals surface area contributed by atoms with Gasteiger partial charge in [-0.15, -0.1) is 23.5 Å². The lowest BCUT2D eigenvalue weighted by atomic mass is 9.65. The van der Waals surface area contributed by atoms with E-state index in [0.29, 0.717) is 4.08 Å². The molecule has 1 unspecified atom stereocenters. The van der Waals surface area contributed by atoms with Gasteiger partial charge in [-0.1, -0.05) is 18.6 Å². The molecule has 1 spiro atoms. The molecule has 1 atom stereocenters. The van der Waals surface area contributed by atoms with Crippen molar-refractivity contribution in [3.05, 3.63) is 41.1 Å². The largest absolute Gasteiger partial charge is 0.497 e. The van der Waals surface area contributed by atoms with Crippen LogP contribution < -0.4 is 4.74 Å². The maximum Gasteiger partial charge on any atom is 0.119 e. The first-order valence-electron chi connectivity index (χ1n) is 9.22. The van der Waals surface area contributed by atoms with Crippen molar-refractivity contribution in [1.82, 2.24) is 4.57 Å². The minimum atomic E-state index is 0.198. The Bertz CT molecular complexity index is 891. The molecule has 0 saturated carbocycles. The Kier molecular flexibility index (Phi) is 3.56.